The zero-order chi connectivity index (χ0) is 20.4. The number of hydrogen-bond donors (Lipinski definition) is 1. The van der Waals surface area contributed by atoms with Crippen LogP contribution in [-0.2, 0) is 17.6 Å². The summed E-state index contributed by atoms with van der Waals surface area (Å²) >= 11 is 1.15. The number of carbonyl (C=O) groups is 2. The SMILES string of the molecule is CC(=O)Cc1cc(-c2nc(Cc3ccc4ccccc4c3)c(C(=O)O)s2)ccn1. The lowest BCUT2D eigenvalue weighted by Gasteiger charge is -2.03. The summed E-state index contributed by atoms with van der Waals surface area (Å²) in [4.78, 5) is 32.2. The number of Topliss-reactive ketones (excluding diaryl/α,β-unsaturated/α-hetero) is 1. The number of carboxylic acids is 1. The van der Waals surface area contributed by atoms with Crippen molar-refractivity contribution in [1.82, 2.24) is 9.97 Å². The number of hydrogen-bond acceptors (Lipinski definition) is 5. The second-order valence-corrected chi connectivity index (χ2v) is 7.87. The van der Waals surface area contributed by atoms with E-state index in [0.717, 1.165) is 33.2 Å². The van der Waals surface area contributed by atoms with Gasteiger partial charge in [-0.3, -0.25) is 9.78 Å². The number of aromatic nitrogens is 2. The fourth-order valence-electron chi connectivity index (χ4n) is 3.27. The van der Waals surface area contributed by atoms with Crippen LogP contribution in [-0.4, -0.2) is 26.8 Å². The molecule has 0 aliphatic heterocycles. The smallest absolute Gasteiger partial charge is 0.347 e. The molecule has 5 nitrogen and oxygen atoms in total. The Hall–Kier alpha value is -3.38. The van der Waals surface area contributed by atoms with Gasteiger partial charge in [-0.15, -0.1) is 11.3 Å². The summed E-state index contributed by atoms with van der Waals surface area (Å²) in [6.45, 7) is 1.52. The van der Waals surface area contributed by atoms with Crippen molar-refractivity contribution >= 4 is 33.9 Å². The molecule has 144 valence electrons. The molecule has 0 atom stereocenters. The fraction of sp³-hybridized carbons (Fsp3) is 0.130. The minimum Gasteiger partial charge on any atom is -0.477 e. The maximum absolute atomic E-state index is 11.8. The Labute approximate surface area is 171 Å². The molecule has 0 bridgehead atoms. The largest absolute Gasteiger partial charge is 0.477 e. The highest BCUT2D eigenvalue weighted by molar-refractivity contribution is 7.17. The van der Waals surface area contributed by atoms with E-state index in [1.54, 1.807) is 18.3 Å². The lowest BCUT2D eigenvalue weighted by Crippen LogP contribution is -2.00. The van der Waals surface area contributed by atoms with Gasteiger partial charge in [-0.25, -0.2) is 9.78 Å². The van der Waals surface area contributed by atoms with Gasteiger partial charge in [-0.05, 0) is 35.4 Å². The van der Waals surface area contributed by atoms with Gasteiger partial charge in [0.25, 0.3) is 0 Å². The van der Waals surface area contributed by atoms with Crippen molar-refractivity contribution < 1.29 is 14.7 Å². The quantitative estimate of drug-likeness (QED) is 0.502. The number of fused-ring (bicyclic) bond motifs is 1. The molecule has 0 fully saturated rings. The molecule has 29 heavy (non-hydrogen) atoms. The molecule has 0 amide bonds. The van der Waals surface area contributed by atoms with Crippen LogP contribution in [0, 0.1) is 0 Å². The summed E-state index contributed by atoms with van der Waals surface area (Å²) in [5.41, 5.74) is 2.97. The summed E-state index contributed by atoms with van der Waals surface area (Å²) in [5.74, 6) is -0.959. The van der Waals surface area contributed by atoms with Gasteiger partial charge in [0, 0.05) is 30.3 Å². The molecule has 4 aromatic rings. The van der Waals surface area contributed by atoms with Gasteiger partial charge in [0.1, 0.15) is 15.7 Å². The highest BCUT2D eigenvalue weighted by Gasteiger charge is 2.19. The fourth-order valence-corrected chi connectivity index (χ4v) is 4.18. The summed E-state index contributed by atoms with van der Waals surface area (Å²) in [7, 11) is 0. The van der Waals surface area contributed by atoms with Crippen molar-refractivity contribution in [2.45, 2.75) is 19.8 Å². The second kappa shape index (κ2) is 7.93. The van der Waals surface area contributed by atoms with E-state index < -0.39 is 5.97 Å². The summed E-state index contributed by atoms with van der Waals surface area (Å²) in [6, 6.07) is 17.8. The first-order valence-electron chi connectivity index (χ1n) is 9.15. The van der Waals surface area contributed by atoms with Crippen LogP contribution in [0.1, 0.15) is 33.5 Å². The van der Waals surface area contributed by atoms with E-state index in [4.69, 9.17) is 0 Å². The van der Waals surface area contributed by atoms with Gasteiger partial charge in [0.2, 0.25) is 0 Å². The van der Waals surface area contributed by atoms with Crippen molar-refractivity contribution in [3.8, 4) is 10.6 Å². The van der Waals surface area contributed by atoms with Gasteiger partial charge in [0.15, 0.2) is 0 Å². The number of nitrogens with zero attached hydrogens (tertiary/aromatic N) is 2. The molecule has 2 aromatic heterocycles. The van der Waals surface area contributed by atoms with Crippen LogP contribution in [0.5, 0.6) is 0 Å². The Morgan fingerprint density at radius 2 is 1.83 bits per heavy atom. The minimum atomic E-state index is -0.984. The van der Waals surface area contributed by atoms with Gasteiger partial charge in [0.05, 0.1) is 5.69 Å². The molecule has 2 heterocycles. The summed E-state index contributed by atoms with van der Waals surface area (Å²) < 4.78 is 0. The van der Waals surface area contributed by atoms with Crippen molar-refractivity contribution in [3.05, 3.63) is 82.6 Å². The molecule has 0 unspecified atom stereocenters. The third kappa shape index (κ3) is 4.22. The number of thiazole rings is 1. The van der Waals surface area contributed by atoms with Crippen LogP contribution in [0.3, 0.4) is 0 Å². The first-order chi connectivity index (χ1) is 14.0. The van der Waals surface area contributed by atoms with Crippen molar-refractivity contribution in [2.75, 3.05) is 0 Å². The predicted molar refractivity (Wildman–Crippen MR) is 113 cm³/mol. The first-order valence-corrected chi connectivity index (χ1v) is 9.96. The van der Waals surface area contributed by atoms with Gasteiger partial charge in [-0.2, -0.15) is 0 Å². The number of carboxylic acid groups (broad SMARTS) is 1. The molecule has 2 aromatic carbocycles. The Morgan fingerprint density at radius 1 is 1.03 bits per heavy atom. The van der Waals surface area contributed by atoms with Gasteiger partial charge in [-0.1, -0.05) is 42.5 Å². The van der Waals surface area contributed by atoms with E-state index in [9.17, 15) is 14.7 Å². The number of rotatable bonds is 6. The molecule has 4 rings (SSSR count). The standard InChI is InChI=1S/C23H18N2O3S/c1-14(26)10-19-13-18(8-9-24-19)22-25-20(21(29-22)23(27)28)12-15-6-7-16-4-2-3-5-17(16)11-15/h2-9,11,13H,10,12H2,1H3,(H,27,28). The van der Waals surface area contributed by atoms with E-state index in [1.165, 1.54) is 6.92 Å². The molecular formula is C23H18N2O3S. The topological polar surface area (TPSA) is 80.2 Å². The summed E-state index contributed by atoms with van der Waals surface area (Å²) in [5, 5.41) is 12.5. The highest BCUT2D eigenvalue weighted by Crippen LogP contribution is 2.30. The van der Waals surface area contributed by atoms with Crippen molar-refractivity contribution in [2.24, 2.45) is 0 Å². The molecule has 6 heteroatoms. The van der Waals surface area contributed by atoms with E-state index in [0.29, 0.717) is 22.8 Å². The third-order valence-corrected chi connectivity index (χ3v) is 5.71. The van der Waals surface area contributed by atoms with E-state index in [-0.39, 0.29) is 17.1 Å². The molecule has 0 aliphatic carbocycles. The third-order valence-electron chi connectivity index (χ3n) is 4.57. The predicted octanol–water partition coefficient (Wildman–Crippen LogP) is 4.78. The van der Waals surface area contributed by atoms with Crippen LogP contribution in [0.4, 0.5) is 0 Å². The number of benzene rings is 2. The molecule has 0 radical (unpaired) electrons. The Bertz CT molecular complexity index is 1230. The van der Waals surface area contributed by atoms with Gasteiger partial charge >= 0.3 is 5.97 Å². The maximum atomic E-state index is 11.8. The lowest BCUT2D eigenvalue weighted by molar-refractivity contribution is -0.116. The minimum absolute atomic E-state index is 0.0250. The zero-order valence-corrected chi connectivity index (χ0v) is 16.6. The normalized spacial score (nSPS) is 10.9. The molecule has 0 spiro atoms. The number of ketones is 1. The van der Waals surface area contributed by atoms with E-state index in [2.05, 4.69) is 16.0 Å². The Balaban J connectivity index is 1.69. The zero-order valence-electron chi connectivity index (χ0n) is 15.8. The van der Waals surface area contributed by atoms with Crippen molar-refractivity contribution in [1.29, 1.82) is 0 Å². The molecular weight excluding hydrogens is 384 g/mol. The van der Waals surface area contributed by atoms with Crippen molar-refractivity contribution in [3.63, 3.8) is 0 Å². The molecule has 0 saturated heterocycles. The van der Waals surface area contributed by atoms with Gasteiger partial charge < -0.3 is 5.11 Å². The second-order valence-electron chi connectivity index (χ2n) is 6.87. The monoisotopic (exact) mass is 402 g/mol. The Kier molecular flexibility index (Phi) is 5.18. The molecule has 0 aliphatic rings. The molecule has 0 saturated carbocycles. The average molecular weight is 402 g/mol. The summed E-state index contributed by atoms with van der Waals surface area (Å²) in [6.07, 6.45) is 2.31. The van der Waals surface area contributed by atoms with E-state index >= 15 is 0 Å². The van der Waals surface area contributed by atoms with Crippen LogP contribution in [0.25, 0.3) is 21.3 Å². The Morgan fingerprint density at radius 3 is 2.59 bits per heavy atom. The van der Waals surface area contributed by atoms with Crippen LogP contribution in [0.2, 0.25) is 0 Å². The van der Waals surface area contributed by atoms with Crippen LogP contribution < -0.4 is 0 Å². The average Bonchev–Trinajstić information content (AvgIpc) is 3.12. The lowest BCUT2D eigenvalue weighted by atomic mass is 10.0. The number of carbonyl (C=O) groups excluding carboxylic acids is 1. The highest BCUT2D eigenvalue weighted by atomic mass is 32.1. The first kappa shape index (κ1) is 19.0. The van der Waals surface area contributed by atoms with E-state index in [1.807, 2.05) is 36.4 Å². The maximum Gasteiger partial charge on any atom is 0.347 e. The number of pyridine rings is 1. The van der Waals surface area contributed by atoms with Crippen LogP contribution in [0.15, 0.2) is 60.8 Å². The molecule has 1 N–H and O–H groups in total. The van der Waals surface area contributed by atoms with Crippen LogP contribution >= 0.6 is 11.3 Å². The number of aromatic carboxylic acids is 1.